The van der Waals surface area contributed by atoms with Gasteiger partial charge in [-0.3, -0.25) is 0 Å². The minimum absolute atomic E-state index is 0.248. The number of ether oxygens (including phenoxy) is 2. The van der Waals surface area contributed by atoms with Crippen LogP contribution in [-0.2, 0) is 6.61 Å². The zero-order valence-electron chi connectivity index (χ0n) is 9.25. The first-order chi connectivity index (χ1) is 7.94. The topological polar surface area (TPSA) is 38.7 Å². The average molecular weight is 250 g/mol. The molecule has 0 radical (unpaired) electrons. The van der Waals surface area contributed by atoms with Crippen LogP contribution in [0.5, 0.6) is 11.5 Å². The maximum absolute atomic E-state index is 12.0. The van der Waals surface area contributed by atoms with Gasteiger partial charge in [-0.1, -0.05) is 6.92 Å². The molecule has 17 heavy (non-hydrogen) atoms. The van der Waals surface area contributed by atoms with Crippen molar-refractivity contribution in [1.29, 1.82) is 0 Å². The summed E-state index contributed by atoms with van der Waals surface area (Å²) in [4.78, 5) is 0. The highest BCUT2D eigenvalue weighted by Gasteiger charge is 2.31. The van der Waals surface area contributed by atoms with E-state index in [1.165, 1.54) is 6.07 Å². The van der Waals surface area contributed by atoms with E-state index in [1.807, 2.05) is 6.92 Å². The molecule has 0 aliphatic carbocycles. The van der Waals surface area contributed by atoms with Crippen molar-refractivity contribution in [2.24, 2.45) is 0 Å². The van der Waals surface area contributed by atoms with Crippen LogP contribution in [0.4, 0.5) is 13.2 Å². The number of hydrogen-bond acceptors (Lipinski definition) is 3. The van der Waals surface area contributed by atoms with Gasteiger partial charge in [-0.05, 0) is 24.1 Å². The first kappa shape index (κ1) is 13.6. The lowest BCUT2D eigenvalue weighted by Crippen LogP contribution is -2.17. The van der Waals surface area contributed by atoms with Crippen LogP contribution < -0.4 is 9.47 Å². The van der Waals surface area contributed by atoms with Gasteiger partial charge in [-0.2, -0.15) is 0 Å². The Morgan fingerprint density at radius 1 is 1.18 bits per heavy atom. The number of hydrogen-bond donors (Lipinski definition) is 1. The van der Waals surface area contributed by atoms with E-state index < -0.39 is 12.1 Å². The summed E-state index contributed by atoms with van der Waals surface area (Å²) in [5, 5.41) is 8.92. The van der Waals surface area contributed by atoms with Gasteiger partial charge in [0.15, 0.2) is 0 Å². The van der Waals surface area contributed by atoms with Crippen molar-refractivity contribution in [3.8, 4) is 11.5 Å². The van der Waals surface area contributed by atoms with Gasteiger partial charge in [-0.15, -0.1) is 13.2 Å². The Kier molecular flexibility index (Phi) is 4.62. The fourth-order valence-electron chi connectivity index (χ4n) is 1.22. The Bertz CT molecular complexity index is 363. The lowest BCUT2D eigenvalue weighted by molar-refractivity contribution is -0.274. The summed E-state index contributed by atoms with van der Waals surface area (Å²) in [7, 11) is 0. The molecule has 1 aromatic rings. The number of rotatable bonds is 5. The maximum Gasteiger partial charge on any atom is 0.573 e. The minimum Gasteiger partial charge on any atom is -0.493 e. The molecule has 0 bridgehead atoms. The molecule has 96 valence electrons. The molecule has 0 amide bonds. The molecule has 3 nitrogen and oxygen atoms in total. The predicted molar refractivity (Wildman–Crippen MR) is 54.8 cm³/mol. The summed E-state index contributed by atoms with van der Waals surface area (Å²) in [5.41, 5.74) is 0.304. The average Bonchev–Trinajstić information content (AvgIpc) is 2.23. The highest BCUT2D eigenvalue weighted by Crippen LogP contribution is 2.28. The monoisotopic (exact) mass is 250 g/mol. The minimum atomic E-state index is -4.75. The molecule has 0 spiro atoms. The fourth-order valence-corrected chi connectivity index (χ4v) is 1.22. The summed E-state index contributed by atoms with van der Waals surface area (Å²) in [6.45, 7) is 1.89. The lowest BCUT2D eigenvalue weighted by Gasteiger charge is -2.12. The van der Waals surface area contributed by atoms with Crippen molar-refractivity contribution in [3.63, 3.8) is 0 Å². The SMILES string of the molecule is CCCOc1cc(CO)cc(OC(F)(F)F)c1. The van der Waals surface area contributed by atoms with E-state index >= 15 is 0 Å². The highest BCUT2D eigenvalue weighted by atomic mass is 19.4. The molecule has 6 heteroatoms. The molecular formula is C11H13F3O3. The van der Waals surface area contributed by atoms with Crippen LogP contribution in [-0.4, -0.2) is 18.1 Å². The van der Waals surface area contributed by atoms with Crippen LogP contribution in [0.25, 0.3) is 0 Å². The fraction of sp³-hybridized carbons (Fsp3) is 0.455. The summed E-state index contributed by atoms with van der Waals surface area (Å²) < 4.78 is 45.1. The summed E-state index contributed by atoms with van der Waals surface area (Å²) >= 11 is 0. The van der Waals surface area contributed by atoms with Crippen LogP contribution in [0.2, 0.25) is 0 Å². The molecule has 1 rings (SSSR count). The van der Waals surface area contributed by atoms with Gasteiger partial charge < -0.3 is 14.6 Å². The van der Waals surface area contributed by atoms with Crippen molar-refractivity contribution in [3.05, 3.63) is 23.8 Å². The van der Waals surface area contributed by atoms with Gasteiger partial charge in [0, 0.05) is 6.07 Å². The van der Waals surface area contributed by atoms with E-state index in [1.54, 1.807) is 0 Å². The molecule has 1 aromatic carbocycles. The third-order valence-corrected chi connectivity index (χ3v) is 1.83. The summed E-state index contributed by atoms with van der Waals surface area (Å²) in [6.07, 6.45) is -4.02. The molecule has 0 aliphatic heterocycles. The zero-order chi connectivity index (χ0) is 12.9. The van der Waals surface area contributed by atoms with E-state index in [2.05, 4.69) is 4.74 Å². The molecule has 0 aromatic heterocycles. The Labute approximate surface area is 96.8 Å². The van der Waals surface area contributed by atoms with E-state index in [0.29, 0.717) is 12.2 Å². The van der Waals surface area contributed by atoms with Crippen LogP contribution in [0, 0.1) is 0 Å². The molecular weight excluding hydrogens is 237 g/mol. The number of alkyl halides is 3. The lowest BCUT2D eigenvalue weighted by atomic mass is 10.2. The molecule has 0 aliphatic rings. The van der Waals surface area contributed by atoms with Crippen molar-refractivity contribution in [1.82, 2.24) is 0 Å². The predicted octanol–water partition coefficient (Wildman–Crippen LogP) is 2.87. The van der Waals surface area contributed by atoms with Gasteiger partial charge in [0.2, 0.25) is 0 Å². The molecule has 1 N–H and O–H groups in total. The van der Waals surface area contributed by atoms with Gasteiger partial charge in [0.1, 0.15) is 11.5 Å². The highest BCUT2D eigenvalue weighted by molar-refractivity contribution is 5.38. The van der Waals surface area contributed by atoms with Gasteiger partial charge >= 0.3 is 6.36 Å². The van der Waals surface area contributed by atoms with Crippen molar-refractivity contribution in [2.45, 2.75) is 26.3 Å². The Balaban J connectivity index is 2.88. The van der Waals surface area contributed by atoms with E-state index in [4.69, 9.17) is 9.84 Å². The number of halogens is 3. The molecule has 0 saturated carbocycles. The smallest absolute Gasteiger partial charge is 0.493 e. The second-order valence-corrected chi connectivity index (χ2v) is 3.37. The van der Waals surface area contributed by atoms with E-state index in [0.717, 1.165) is 18.6 Å². The Hall–Kier alpha value is -1.43. The molecule has 0 fully saturated rings. The van der Waals surface area contributed by atoms with E-state index in [-0.39, 0.29) is 12.4 Å². The standard InChI is InChI=1S/C11H13F3O3/c1-2-3-16-9-4-8(7-15)5-10(6-9)17-11(12,13)14/h4-6,15H,2-3,7H2,1H3. The number of aliphatic hydroxyl groups is 1. The number of benzene rings is 1. The van der Waals surface area contributed by atoms with Gasteiger partial charge in [-0.25, -0.2) is 0 Å². The van der Waals surface area contributed by atoms with Crippen molar-refractivity contribution < 1.29 is 27.8 Å². The van der Waals surface area contributed by atoms with Gasteiger partial charge in [0.25, 0.3) is 0 Å². The maximum atomic E-state index is 12.0. The third-order valence-electron chi connectivity index (χ3n) is 1.83. The normalized spacial score (nSPS) is 11.4. The Morgan fingerprint density at radius 2 is 1.82 bits per heavy atom. The van der Waals surface area contributed by atoms with Gasteiger partial charge in [0.05, 0.1) is 13.2 Å². The molecule has 0 saturated heterocycles. The quantitative estimate of drug-likeness (QED) is 0.873. The largest absolute Gasteiger partial charge is 0.573 e. The molecule has 0 heterocycles. The molecule has 0 atom stereocenters. The van der Waals surface area contributed by atoms with Crippen molar-refractivity contribution >= 4 is 0 Å². The van der Waals surface area contributed by atoms with Crippen molar-refractivity contribution in [2.75, 3.05) is 6.61 Å². The Morgan fingerprint density at radius 3 is 2.35 bits per heavy atom. The summed E-state index contributed by atoms with van der Waals surface area (Å²) in [6, 6.07) is 3.73. The second kappa shape index (κ2) is 5.77. The number of aliphatic hydroxyl groups excluding tert-OH is 1. The van der Waals surface area contributed by atoms with Crippen LogP contribution in [0.3, 0.4) is 0 Å². The second-order valence-electron chi connectivity index (χ2n) is 3.37. The third kappa shape index (κ3) is 4.95. The zero-order valence-corrected chi connectivity index (χ0v) is 9.25. The van der Waals surface area contributed by atoms with E-state index in [9.17, 15) is 13.2 Å². The molecule has 0 unspecified atom stereocenters. The first-order valence-corrected chi connectivity index (χ1v) is 5.08. The van der Waals surface area contributed by atoms with Crippen LogP contribution in [0.15, 0.2) is 18.2 Å². The first-order valence-electron chi connectivity index (χ1n) is 5.08. The summed E-state index contributed by atoms with van der Waals surface area (Å²) in [5.74, 6) is -0.146. The van der Waals surface area contributed by atoms with Crippen LogP contribution >= 0.6 is 0 Å². The van der Waals surface area contributed by atoms with Crippen LogP contribution in [0.1, 0.15) is 18.9 Å².